The molecule has 14 unspecified atom stereocenters. The number of rotatable bonds is 18. The summed E-state index contributed by atoms with van der Waals surface area (Å²) in [5, 5.41) is 0. The number of nitrogens with zero attached hydrogens (tertiary/aromatic N) is 2. The number of hydrogen-bond donors (Lipinski definition) is 8. The van der Waals surface area contributed by atoms with Gasteiger partial charge in [-0.05, 0) is 51.4 Å². The van der Waals surface area contributed by atoms with Crippen molar-refractivity contribution in [1.82, 2.24) is 0 Å². The molecule has 0 radical (unpaired) electrons. The number of nitrogens with one attached hydrogen (secondary N) is 2. The Kier molecular flexibility index (Phi) is 19.2. The first-order chi connectivity index (χ1) is 26.0. The maximum atomic E-state index is 12.3. The van der Waals surface area contributed by atoms with Crippen molar-refractivity contribution in [2.75, 3.05) is 78.5 Å². The summed E-state index contributed by atoms with van der Waals surface area (Å²) < 4.78 is 51.5. The normalized spacial score (nSPS) is 39.9. The number of hydrogen-bond acceptors (Lipinski definition) is 6. The van der Waals surface area contributed by atoms with Crippen molar-refractivity contribution < 1.29 is 101 Å². The van der Waals surface area contributed by atoms with E-state index in [1.807, 2.05) is 0 Å². The molecule has 2 spiro atoms. The van der Waals surface area contributed by atoms with Crippen molar-refractivity contribution in [3.05, 3.63) is 0 Å². The highest BCUT2D eigenvalue weighted by molar-refractivity contribution is 7.70. The van der Waals surface area contributed by atoms with Gasteiger partial charge in [0.15, 0.2) is 0 Å². The summed E-state index contributed by atoms with van der Waals surface area (Å²) in [7, 11) is -20.9. The van der Waals surface area contributed by atoms with Crippen LogP contribution >= 0.6 is 30.4 Å². The van der Waals surface area contributed by atoms with E-state index in [9.17, 15) is 57.4 Å². The molecule has 344 valence electrons. The van der Waals surface area contributed by atoms with E-state index < -0.39 is 41.4 Å². The van der Waals surface area contributed by atoms with Crippen LogP contribution in [-0.4, -0.2) is 128 Å². The van der Waals surface area contributed by atoms with Gasteiger partial charge >= 0.3 is 15.2 Å². The minimum absolute atomic E-state index is 0. The highest BCUT2D eigenvalue weighted by Gasteiger charge is 2.56. The quantitative estimate of drug-likeness (QED) is 0.0474. The fourth-order valence-electron chi connectivity index (χ4n) is 13.0. The predicted molar refractivity (Wildman–Crippen MR) is 209 cm³/mol. The molecule has 0 bridgehead atoms. The van der Waals surface area contributed by atoms with Crippen LogP contribution in [0, 0.1) is 47.3 Å². The van der Waals surface area contributed by atoms with Gasteiger partial charge in [-0.15, -0.1) is 0 Å². The summed E-state index contributed by atoms with van der Waals surface area (Å²) >= 11 is 0. The zero-order chi connectivity index (χ0) is 41.5. The van der Waals surface area contributed by atoms with E-state index in [0.29, 0.717) is 11.8 Å². The minimum Gasteiger partial charge on any atom is -1.00 e. The van der Waals surface area contributed by atoms with Crippen LogP contribution < -0.4 is 44.4 Å². The van der Waals surface area contributed by atoms with Crippen LogP contribution in [0.4, 0.5) is 0 Å². The van der Waals surface area contributed by atoms with Crippen LogP contribution in [0.25, 0.3) is 0 Å². The first-order valence-corrected chi connectivity index (χ1v) is 28.2. The Morgan fingerprint density at radius 2 is 0.741 bits per heavy atom. The Balaban J connectivity index is 0.00000450. The molecule has 5 fully saturated rings. The maximum absolute atomic E-state index is 12.3. The monoisotopic (exact) mass is 948 g/mol. The van der Waals surface area contributed by atoms with Crippen LogP contribution in [0.15, 0.2) is 0 Å². The highest BCUT2D eigenvalue weighted by atomic mass is 35.5. The van der Waals surface area contributed by atoms with E-state index >= 15 is 0 Å². The average molecular weight is 950 g/mol. The lowest BCUT2D eigenvalue weighted by molar-refractivity contribution is -1.02. The van der Waals surface area contributed by atoms with Crippen LogP contribution in [-0.2, 0) is 18.3 Å². The SMILES string of the molecule is CCCC1C[NH+](C(P(=O)([O-])O)P(=O)(O)O)CC1CCC1C[N+]2(CC[N+]3(CC2)CC(CC)C(CC)C3)CC1CCC1C[NH+](C(P(=O)([O-])O)P(=O)(O)O)CC1CCC.[Cl-].[Cl-]. The first-order valence-electron chi connectivity index (χ1n) is 21.5. The second-order valence-electron chi connectivity index (χ2n) is 19.1. The Morgan fingerprint density at radius 3 is 0.983 bits per heavy atom. The molecule has 0 aliphatic carbocycles. The molecule has 0 amide bonds. The van der Waals surface area contributed by atoms with Gasteiger partial charge < -0.3 is 91.9 Å². The van der Waals surface area contributed by atoms with Crippen molar-refractivity contribution in [2.45, 2.75) is 103 Å². The molecular formula is C36H74Cl2N4O12P4. The van der Waals surface area contributed by atoms with E-state index in [2.05, 4.69) is 27.7 Å². The molecule has 0 aromatic carbocycles. The smallest absolute Gasteiger partial charge is 0.391 e. The standard InChI is InChI=1S/C36H72N4O12P4.2ClH/c1-5-9-29-19-37(35(53(41,42)43)54(44,45)46)21-31(29)11-13-33-25-40(17-15-39(16-18-40)23-27(7-3)28(8-4)24-39)26-34(33)14-12-32-22-38(20-30(32)10-6-2)36(55(47,48)49)56(50,51)52;;/h27-36H,5-26H2,1-4H3,(H6-2,41,42,43,44,45,46,47,48,49,50,51,52);2*1H. The summed E-state index contributed by atoms with van der Waals surface area (Å²) in [5.41, 5.74) is -4.31. The van der Waals surface area contributed by atoms with Crippen molar-refractivity contribution in [1.29, 1.82) is 0 Å². The lowest BCUT2D eigenvalue weighted by Crippen LogP contribution is -3.14. The number of halogens is 2. The van der Waals surface area contributed by atoms with Gasteiger partial charge in [-0.25, -0.2) is 0 Å². The van der Waals surface area contributed by atoms with Gasteiger partial charge in [-0.3, -0.25) is 9.13 Å². The molecule has 5 aliphatic rings. The molecule has 0 saturated carbocycles. The average Bonchev–Trinajstić information content (AvgIpc) is 3.82. The van der Waals surface area contributed by atoms with Crippen molar-refractivity contribution in [3.8, 4) is 0 Å². The molecule has 8 N–H and O–H groups in total. The zero-order valence-corrected chi connectivity index (χ0v) is 40.0. The topological polar surface area (TPSA) is 245 Å². The number of likely N-dealkylation sites (tertiary alicyclic amines) is 2. The third kappa shape index (κ3) is 12.6. The molecule has 58 heavy (non-hydrogen) atoms. The van der Waals surface area contributed by atoms with E-state index in [1.165, 1.54) is 43.5 Å². The predicted octanol–water partition coefficient (Wildman–Crippen LogP) is -5.61. The second kappa shape index (κ2) is 20.9. The van der Waals surface area contributed by atoms with Gasteiger partial charge in [-0.1, -0.05) is 40.5 Å². The first kappa shape index (κ1) is 53.4. The van der Waals surface area contributed by atoms with Gasteiger partial charge in [0.05, 0.1) is 52.4 Å². The largest absolute Gasteiger partial charge is 1.00 e. The third-order valence-corrected chi connectivity index (χ3v) is 23.0. The van der Waals surface area contributed by atoms with Crippen molar-refractivity contribution in [2.24, 2.45) is 47.3 Å². The molecule has 5 aliphatic heterocycles. The van der Waals surface area contributed by atoms with Crippen molar-refractivity contribution in [3.63, 3.8) is 0 Å². The Bertz CT molecular complexity index is 1380. The molecule has 14 atom stereocenters. The summed E-state index contributed by atoms with van der Waals surface area (Å²) in [6.07, 6.45) is 9.17. The van der Waals surface area contributed by atoms with Crippen LogP contribution in [0.3, 0.4) is 0 Å². The maximum Gasteiger partial charge on any atom is 0.391 e. The molecule has 5 saturated heterocycles. The molecule has 5 heterocycles. The summed E-state index contributed by atoms with van der Waals surface area (Å²) in [5.74, 6) is 2.58. The molecule has 22 heteroatoms. The van der Waals surface area contributed by atoms with Gasteiger partial charge in [0.2, 0.25) is 15.2 Å². The Morgan fingerprint density at radius 1 is 0.483 bits per heavy atom. The number of quaternary nitrogens is 4. The van der Waals surface area contributed by atoms with Gasteiger partial charge in [0.1, 0.15) is 26.2 Å². The molecule has 0 aromatic rings. The minimum atomic E-state index is -5.32. The Hall–Kier alpha value is 1.02. The summed E-state index contributed by atoms with van der Waals surface area (Å²) in [4.78, 5) is 84.8. The van der Waals surface area contributed by atoms with Gasteiger partial charge in [0, 0.05) is 47.3 Å². The van der Waals surface area contributed by atoms with E-state index in [1.54, 1.807) is 0 Å². The summed E-state index contributed by atoms with van der Waals surface area (Å²) in [6.45, 7) is 19.1. The molecule has 16 nitrogen and oxygen atoms in total. The lowest BCUT2D eigenvalue weighted by atomic mass is 9.80. The van der Waals surface area contributed by atoms with E-state index in [0.717, 1.165) is 93.9 Å². The third-order valence-electron chi connectivity index (χ3n) is 15.5. The van der Waals surface area contributed by atoms with E-state index in [-0.39, 0.29) is 84.5 Å². The lowest BCUT2D eigenvalue weighted by Gasteiger charge is -2.47. The molecule has 5 rings (SSSR count). The fourth-order valence-corrected chi connectivity index (χ4v) is 18.7. The van der Waals surface area contributed by atoms with Crippen LogP contribution in [0.5, 0.6) is 0 Å². The van der Waals surface area contributed by atoms with Gasteiger partial charge in [-0.2, -0.15) is 0 Å². The summed E-state index contributed by atoms with van der Waals surface area (Å²) in [6, 6.07) is 0. The molecule has 0 aromatic heterocycles. The zero-order valence-electron chi connectivity index (χ0n) is 34.9. The van der Waals surface area contributed by atoms with Crippen molar-refractivity contribution >= 4 is 30.4 Å². The Labute approximate surface area is 358 Å². The van der Waals surface area contributed by atoms with Gasteiger partial charge in [0.25, 0.3) is 11.0 Å². The second-order valence-corrected chi connectivity index (χ2v) is 26.6. The highest BCUT2D eigenvalue weighted by Crippen LogP contribution is 2.56. The fraction of sp³-hybridized carbons (Fsp3) is 1.00. The number of piperazine rings is 1. The molecular weight excluding hydrogens is 875 g/mol. The van der Waals surface area contributed by atoms with Crippen LogP contribution in [0.1, 0.15) is 91.9 Å². The van der Waals surface area contributed by atoms with Crippen LogP contribution in [0.2, 0.25) is 0 Å². The van der Waals surface area contributed by atoms with E-state index in [4.69, 9.17) is 0 Å².